The van der Waals surface area contributed by atoms with E-state index >= 15 is 0 Å². The number of aromatic nitrogens is 1. The summed E-state index contributed by atoms with van der Waals surface area (Å²) in [5, 5.41) is 6.99. The molecule has 1 aromatic carbocycles. The molecule has 0 spiro atoms. The van der Waals surface area contributed by atoms with Crippen LogP contribution in [0.5, 0.6) is 0 Å². The van der Waals surface area contributed by atoms with E-state index in [0.717, 1.165) is 49.0 Å². The largest absolute Gasteiger partial charge is 0.465 e. The smallest absolute Gasteiger partial charge is 0.306 e. The summed E-state index contributed by atoms with van der Waals surface area (Å²) in [4.78, 5) is 19.1. The van der Waals surface area contributed by atoms with Gasteiger partial charge in [0.05, 0.1) is 12.3 Å². The minimum Gasteiger partial charge on any atom is -0.465 e. The van der Waals surface area contributed by atoms with Gasteiger partial charge < -0.3 is 15.5 Å². The molecule has 2 unspecified atom stereocenters. The zero-order valence-corrected chi connectivity index (χ0v) is 15.4. The Balaban J connectivity index is 1.42. The van der Waals surface area contributed by atoms with E-state index in [1.54, 1.807) is 0 Å². The van der Waals surface area contributed by atoms with E-state index in [2.05, 4.69) is 9.98 Å². The fourth-order valence-electron chi connectivity index (χ4n) is 3.62. The standard InChI is InChI=1S/C21H26N4O2/c22-14-24-21(23)19-10-9-18(25-19)17-8-6-16(12-17)13-27-20(26)11-7-15-4-2-1-3-5-15/h1-5,9-10,14,16-17,25H,6-8,11-13H2,(H3,22,23,24). The number of H-pyrrole nitrogens is 1. The number of ether oxygens (including phenoxy) is 1. The third-order valence-corrected chi connectivity index (χ3v) is 5.11. The van der Waals surface area contributed by atoms with Crippen LogP contribution in [0.25, 0.3) is 0 Å². The summed E-state index contributed by atoms with van der Waals surface area (Å²) in [6, 6.07) is 13.9. The van der Waals surface area contributed by atoms with Crippen LogP contribution in [0.2, 0.25) is 0 Å². The number of hydrogen-bond donors (Lipinski definition) is 3. The highest BCUT2D eigenvalue weighted by Gasteiger charge is 2.28. The lowest BCUT2D eigenvalue weighted by molar-refractivity contribution is -0.144. The normalized spacial score (nSPS) is 19.8. The topological polar surface area (TPSA) is 104 Å². The molecule has 1 saturated carbocycles. The predicted molar refractivity (Wildman–Crippen MR) is 106 cm³/mol. The van der Waals surface area contributed by atoms with Crippen molar-refractivity contribution in [2.24, 2.45) is 16.6 Å². The molecule has 3 rings (SSSR count). The van der Waals surface area contributed by atoms with Gasteiger partial charge in [0.1, 0.15) is 12.2 Å². The van der Waals surface area contributed by atoms with E-state index < -0.39 is 0 Å². The van der Waals surface area contributed by atoms with Crippen LogP contribution in [0, 0.1) is 11.3 Å². The van der Waals surface area contributed by atoms with Gasteiger partial charge in [0.25, 0.3) is 0 Å². The Morgan fingerprint density at radius 1 is 1.26 bits per heavy atom. The third kappa shape index (κ3) is 5.29. The van der Waals surface area contributed by atoms with Gasteiger partial charge in [0.2, 0.25) is 0 Å². The van der Waals surface area contributed by atoms with Crippen molar-refractivity contribution in [3.8, 4) is 0 Å². The molecule has 1 fully saturated rings. The van der Waals surface area contributed by atoms with E-state index in [1.807, 2.05) is 42.5 Å². The van der Waals surface area contributed by atoms with Crippen molar-refractivity contribution >= 4 is 18.1 Å². The highest BCUT2D eigenvalue weighted by Crippen LogP contribution is 2.38. The first-order valence-electron chi connectivity index (χ1n) is 9.36. The maximum Gasteiger partial charge on any atom is 0.306 e. The summed E-state index contributed by atoms with van der Waals surface area (Å²) in [6.07, 6.45) is 5.19. The molecule has 0 aliphatic heterocycles. The van der Waals surface area contributed by atoms with Crippen LogP contribution < -0.4 is 5.73 Å². The summed E-state index contributed by atoms with van der Waals surface area (Å²) in [6.45, 7) is 0.495. The van der Waals surface area contributed by atoms with Crippen molar-refractivity contribution in [3.05, 3.63) is 59.4 Å². The van der Waals surface area contributed by atoms with Gasteiger partial charge in [-0.3, -0.25) is 10.2 Å². The SMILES string of the molecule is N=CN=C(N)c1ccc(C2CCC(COC(=O)CCc3ccccc3)C2)[nH]1. The Morgan fingerprint density at radius 3 is 2.85 bits per heavy atom. The maximum absolute atomic E-state index is 12.0. The Bertz CT molecular complexity index is 798. The van der Waals surface area contributed by atoms with Crippen LogP contribution in [0.1, 0.15) is 48.6 Å². The first-order valence-corrected chi connectivity index (χ1v) is 9.36. The van der Waals surface area contributed by atoms with Crippen molar-refractivity contribution in [3.63, 3.8) is 0 Å². The number of aryl methyl sites for hydroxylation is 1. The molecule has 0 saturated heterocycles. The summed E-state index contributed by atoms with van der Waals surface area (Å²) in [5.74, 6) is 1.01. The van der Waals surface area contributed by atoms with Crippen molar-refractivity contribution in [1.29, 1.82) is 5.41 Å². The molecule has 0 bridgehead atoms. The Morgan fingerprint density at radius 2 is 2.07 bits per heavy atom. The molecule has 1 aromatic heterocycles. The number of esters is 1. The highest BCUT2D eigenvalue weighted by molar-refractivity contribution is 5.99. The molecule has 6 nitrogen and oxygen atoms in total. The van der Waals surface area contributed by atoms with Crippen LogP contribution >= 0.6 is 0 Å². The molecule has 0 radical (unpaired) electrons. The highest BCUT2D eigenvalue weighted by atomic mass is 16.5. The number of aromatic amines is 1. The average molecular weight is 366 g/mol. The monoisotopic (exact) mass is 366 g/mol. The van der Waals surface area contributed by atoms with Crippen LogP contribution in [0.4, 0.5) is 0 Å². The lowest BCUT2D eigenvalue weighted by Gasteiger charge is -2.11. The Kier molecular flexibility index (Phi) is 6.41. The molecule has 6 heteroatoms. The van der Waals surface area contributed by atoms with E-state index in [0.29, 0.717) is 30.7 Å². The van der Waals surface area contributed by atoms with E-state index in [-0.39, 0.29) is 5.97 Å². The number of hydrogen-bond acceptors (Lipinski definition) is 3. The molecule has 4 N–H and O–H groups in total. The predicted octanol–water partition coefficient (Wildman–Crippen LogP) is 3.39. The van der Waals surface area contributed by atoms with Crippen LogP contribution in [0.15, 0.2) is 47.5 Å². The third-order valence-electron chi connectivity index (χ3n) is 5.11. The molecular formula is C21H26N4O2. The van der Waals surface area contributed by atoms with Gasteiger partial charge in [-0.15, -0.1) is 0 Å². The zero-order chi connectivity index (χ0) is 19.1. The van der Waals surface area contributed by atoms with Gasteiger partial charge in [-0.1, -0.05) is 30.3 Å². The quantitative estimate of drug-likeness (QED) is 0.379. The lowest BCUT2D eigenvalue weighted by Crippen LogP contribution is -2.14. The molecular weight excluding hydrogens is 340 g/mol. The number of aliphatic imine (C=N–C) groups is 1. The zero-order valence-electron chi connectivity index (χ0n) is 15.4. The van der Waals surface area contributed by atoms with Gasteiger partial charge in [-0.05, 0) is 55.2 Å². The molecule has 0 amide bonds. The minimum atomic E-state index is -0.125. The summed E-state index contributed by atoms with van der Waals surface area (Å²) in [5.41, 5.74) is 8.83. The van der Waals surface area contributed by atoms with Gasteiger partial charge in [0, 0.05) is 12.1 Å². The molecule has 1 aliphatic rings. The van der Waals surface area contributed by atoms with Crippen molar-refractivity contribution in [2.75, 3.05) is 6.61 Å². The lowest BCUT2D eigenvalue weighted by atomic mass is 10.0. The number of amidine groups is 1. The first-order chi connectivity index (χ1) is 13.2. The number of carbonyl (C=O) groups is 1. The molecule has 1 aliphatic carbocycles. The number of carbonyl (C=O) groups excluding carboxylic acids is 1. The number of rotatable bonds is 8. The van der Waals surface area contributed by atoms with Gasteiger partial charge in [-0.2, -0.15) is 0 Å². The van der Waals surface area contributed by atoms with Crippen molar-refractivity contribution in [2.45, 2.75) is 38.0 Å². The number of nitrogens with two attached hydrogens (primary N) is 1. The number of benzene rings is 1. The maximum atomic E-state index is 12.0. The first kappa shape index (κ1) is 18.9. The molecule has 1 heterocycles. The van der Waals surface area contributed by atoms with Gasteiger partial charge in [0.15, 0.2) is 0 Å². The average Bonchev–Trinajstić information content (AvgIpc) is 3.35. The number of nitrogens with zero attached hydrogens (tertiary/aromatic N) is 1. The fourth-order valence-corrected chi connectivity index (χ4v) is 3.62. The van der Waals surface area contributed by atoms with E-state index in [4.69, 9.17) is 15.9 Å². The summed E-state index contributed by atoms with van der Waals surface area (Å²) >= 11 is 0. The molecule has 27 heavy (non-hydrogen) atoms. The molecule has 2 aromatic rings. The second kappa shape index (κ2) is 9.16. The van der Waals surface area contributed by atoms with Crippen LogP contribution in [0.3, 0.4) is 0 Å². The molecule has 142 valence electrons. The van der Waals surface area contributed by atoms with Crippen molar-refractivity contribution in [1.82, 2.24) is 4.98 Å². The fraction of sp³-hybridized carbons (Fsp3) is 0.381. The van der Waals surface area contributed by atoms with Crippen molar-refractivity contribution < 1.29 is 9.53 Å². The summed E-state index contributed by atoms with van der Waals surface area (Å²) < 4.78 is 5.49. The second-order valence-corrected chi connectivity index (χ2v) is 7.02. The minimum absolute atomic E-state index is 0.125. The van der Waals surface area contributed by atoms with Crippen LogP contribution in [-0.2, 0) is 16.0 Å². The van der Waals surface area contributed by atoms with E-state index in [1.165, 1.54) is 0 Å². The van der Waals surface area contributed by atoms with E-state index in [9.17, 15) is 4.79 Å². The Hall–Kier alpha value is -2.89. The molecule has 2 atom stereocenters. The van der Waals surface area contributed by atoms with Crippen LogP contribution in [-0.4, -0.2) is 29.7 Å². The number of nitrogens with one attached hydrogen (secondary N) is 2. The Labute approximate surface area is 159 Å². The summed E-state index contributed by atoms with van der Waals surface area (Å²) in [7, 11) is 0. The van der Waals surface area contributed by atoms with Gasteiger partial charge in [-0.25, -0.2) is 4.99 Å². The second-order valence-electron chi connectivity index (χ2n) is 7.02. The van der Waals surface area contributed by atoms with Gasteiger partial charge >= 0.3 is 5.97 Å².